The largest absolute Gasteiger partial charge is 0.380 e. The molecule has 1 unspecified atom stereocenters. The number of methoxy groups -OCH3 is 1. The molecule has 2 heterocycles. The zero-order valence-electron chi connectivity index (χ0n) is 13.4. The number of amides is 1. The molecule has 0 aliphatic carbocycles. The first-order valence-electron chi connectivity index (χ1n) is 7.30. The summed E-state index contributed by atoms with van der Waals surface area (Å²) in [5.74, 6) is 0.655. The molecule has 0 saturated carbocycles. The Balaban J connectivity index is 2.41. The number of carbonyl (C=O) groups excluding carboxylic acids is 1. The van der Waals surface area contributed by atoms with Crippen molar-refractivity contribution in [3.8, 4) is 0 Å². The van der Waals surface area contributed by atoms with Crippen LogP contribution >= 0.6 is 0 Å². The number of aryl methyl sites for hydroxylation is 1. The molecule has 5 heteroatoms. The van der Waals surface area contributed by atoms with Gasteiger partial charge in [-0.2, -0.15) is 0 Å². The predicted molar refractivity (Wildman–Crippen MR) is 82.3 cm³/mol. The molecule has 114 valence electrons. The number of nitrogens with zero attached hydrogens (tertiary/aromatic N) is 2. The van der Waals surface area contributed by atoms with E-state index in [4.69, 9.17) is 4.74 Å². The second-order valence-electron chi connectivity index (χ2n) is 5.85. The number of hydrogen-bond donors (Lipinski definition) is 1. The smallest absolute Gasteiger partial charge is 0.253 e. The first-order chi connectivity index (χ1) is 9.92. The molecule has 0 bridgehead atoms. The Morgan fingerprint density at radius 1 is 1.43 bits per heavy atom. The molecule has 1 aromatic heterocycles. The van der Waals surface area contributed by atoms with Crippen LogP contribution in [0.3, 0.4) is 0 Å². The highest BCUT2D eigenvalue weighted by atomic mass is 16.5. The predicted octanol–water partition coefficient (Wildman–Crippen LogP) is 2.08. The minimum Gasteiger partial charge on any atom is -0.380 e. The summed E-state index contributed by atoms with van der Waals surface area (Å²) in [5.41, 5.74) is 2.13. The van der Waals surface area contributed by atoms with Crippen LogP contribution in [0.5, 0.6) is 0 Å². The summed E-state index contributed by atoms with van der Waals surface area (Å²) < 4.78 is 5.13. The summed E-state index contributed by atoms with van der Waals surface area (Å²) in [5, 5.41) is 2.89. The van der Waals surface area contributed by atoms with Crippen LogP contribution in [0.25, 0.3) is 0 Å². The van der Waals surface area contributed by atoms with Crippen molar-refractivity contribution in [1.82, 2.24) is 10.3 Å². The summed E-state index contributed by atoms with van der Waals surface area (Å²) in [6.07, 6.45) is 2.60. The zero-order chi connectivity index (χ0) is 15.6. The number of pyridine rings is 1. The summed E-state index contributed by atoms with van der Waals surface area (Å²) in [7, 11) is 1.66. The zero-order valence-corrected chi connectivity index (χ0v) is 13.4. The van der Waals surface area contributed by atoms with Crippen molar-refractivity contribution in [1.29, 1.82) is 0 Å². The van der Waals surface area contributed by atoms with Crippen LogP contribution in [0.2, 0.25) is 0 Å². The SMILES string of the molecule is CCc1cc(COC)cnc1C1=NC(C)(C(C)C)C(=O)N1. The van der Waals surface area contributed by atoms with E-state index < -0.39 is 5.54 Å². The van der Waals surface area contributed by atoms with Gasteiger partial charge in [0.1, 0.15) is 11.2 Å². The van der Waals surface area contributed by atoms with Gasteiger partial charge in [-0.05, 0) is 36.5 Å². The monoisotopic (exact) mass is 289 g/mol. The number of aromatic nitrogens is 1. The van der Waals surface area contributed by atoms with Crippen LogP contribution in [-0.4, -0.2) is 29.4 Å². The van der Waals surface area contributed by atoms with Crippen LogP contribution in [0.4, 0.5) is 0 Å². The molecular weight excluding hydrogens is 266 g/mol. The normalized spacial score (nSPS) is 21.6. The van der Waals surface area contributed by atoms with Crippen LogP contribution in [-0.2, 0) is 22.6 Å². The molecule has 1 aliphatic rings. The fraction of sp³-hybridized carbons (Fsp3) is 0.562. The van der Waals surface area contributed by atoms with E-state index in [9.17, 15) is 4.79 Å². The van der Waals surface area contributed by atoms with Gasteiger partial charge in [0.15, 0.2) is 5.84 Å². The number of hydrogen-bond acceptors (Lipinski definition) is 4. The standard InChI is InChI=1S/C16H23N3O2/c1-6-12-7-11(9-21-5)8-17-13(12)14-18-15(20)16(4,19-14)10(2)3/h7-8,10H,6,9H2,1-5H3,(H,18,19,20). The lowest BCUT2D eigenvalue weighted by Crippen LogP contribution is -2.41. The molecule has 1 aromatic rings. The Bertz CT molecular complexity index is 581. The summed E-state index contributed by atoms with van der Waals surface area (Å²) >= 11 is 0. The quantitative estimate of drug-likeness (QED) is 0.902. The Hall–Kier alpha value is -1.75. The number of nitrogens with one attached hydrogen (secondary N) is 1. The van der Waals surface area contributed by atoms with Gasteiger partial charge in [-0.1, -0.05) is 20.8 Å². The number of carbonyl (C=O) groups is 1. The summed E-state index contributed by atoms with van der Waals surface area (Å²) in [6, 6.07) is 2.06. The molecule has 2 rings (SSSR count). The highest BCUT2D eigenvalue weighted by Gasteiger charge is 2.42. The molecule has 0 spiro atoms. The van der Waals surface area contributed by atoms with Crippen LogP contribution in [0.1, 0.15) is 44.5 Å². The van der Waals surface area contributed by atoms with Crippen molar-refractivity contribution < 1.29 is 9.53 Å². The van der Waals surface area contributed by atoms with Gasteiger partial charge in [0.2, 0.25) is 0 Å². The summed E-state index contributed by atoms with van der Waals surface area (Å²) in [4.78, 5) is 21.3. The molecule has 0 fully saturated rings. The van der Waals surface area contributed by atoms with E-state index in [2.05, 4.69) is 28.3 Å². The van der Waals surface area contributed by atoms with Crippen LogP contribution < -0.4 is 5.32 Å². The Morgan fingerprint density at radius 3 is 2.67 bits per heavy atom. The van der Waals surface area contributed by atoms with E-state index in [1.807, 2.05) is 20.8 Å². The summed E-state index contributed by atoms with van der Waals surface area (Å²) in [6.45, 7) is 8.47. The lowest BCUT2D eigenvalue weighted by atomic mass is 9.89. The molecule has 0 aromatic carbocycles. The van der Waals surface area contributed by atoms with Gasteiger partial charge in [0, 0.05) is 13.3 Å². The van der Waals surface area contributed by atoms with E-state index in [0.717, 1.165) is 23.2 Å². The van der Waals surface area contributed by atoms with Crippen LogP contribution in [0.15, 0.2) is 17.3 Å². The average molecular weight is 289 g/mol. The van der Waals surface area contributed by atoms with E-state index in [0.29, 0.717) is 12.4 Å². The first kappa shape index (κ1) is 15.6. The topological polar surface area (TPSA) is 63.6 Å². The van der Waals surface area contributed by atoms with Gasteiger partial charge < -0.3 is 10.1 Å². The fourth-order valence-electron chi connectivity index (χ4n) is 2.34. The van der Waals surface area contributed by atoms with E-state index in [-0.39, 0.29) is 11.8 Å². The van der Waals surface area contributed by atoms with Crippen molar-refractivity contribution in [3.05, 3.63) is 29.1 Å². The number of aliphatic imine (C=N–C) groups is 1. The Morgan fingerprint density at radius 2 is 2.14 bits per heavy atom. The van der Waals surface area contributed by atoms with Gasteiger partial charge in [-0.15, -0.1) is 0 Å². The minimum atomic E-state index is -0.715. The second kappa shape index (κ2) is 5.93. The van der Waals surface area contributed by atoms with Crippen molar-refractivity contribution in [2.75, 3.05) is 7.11 Å². The van der Waals surface area contributed by atoms with Crippen molar-refractivity contribution in [2.45, 2.75) is 46.3 Å². The number of rotatable bonds is 5. The fourth-order valence-corrected chi connectivity index (χ4v) is 2.34. The maximum atomic E-state index is 12.2. The molecule has 1 N–H and O–H groups in total. The molecule has 21 heavy (non-hydrogen) atoms. The van der Waals surface area contributed by atoms with Gasteiger partial charge in [0.25, 0.3) is 5.91 Å². The van der Waals surface area contributed by atoms with Crippen LogP contribution in [0, 0.1) is 5.92 Å². The third-order valence-corrected chi connectivity index (χ3v) is 4.10. The Kier molecular flexibility index (Phi) is 4.42. The molecule has 1 atom stereocenters. The lowest BCUT2D eigenvalue weighted by molar-refractivity contribution is -0.124. The van der Waals surface area contributed by atoms with Crippen molar-refractivity contribution in [3.63, 3.8) is 0 Å². The maximum Gasteiger partial charge on any atom is 0.253 e. The second-order valence-corrected chi connectivity index (χ2v) is 5.85. The highest BCUT2D eigenvalue weighted by Crippen LogP contribution is 2.27. The maximum absolute atomic E-state index is 12.2. The van der Waals surface area contributed by atoms with Crippen molar-refractivity contribution >= 4 is 11.7 Å². The van der Waals surface area contributed by atoms with E-state index >= 15 is 0 Å². The third-order valence-electron chi connectivity index (χ3n) is 4.10. The molecule has 1 amide bonds. The van der Waals surface area contributed by atoms with Crippen molar-refractivity contribution in [2.24, 2.45) is 10.9 Å². The van der Waals surface area contributed by atoms with Gasteiger partial charge >= 0.3 is 0 Å². The number of amidine groups is 1. The first-order valence-corrected chi connectivity index (χ1v) is 7.30. The highest BCUT2D eigenvalue weighted by molar-refractivity contribution is 6.15. The average Bonchev–Trinajstić information content (AvgIpc) is 2.76. The molecule has 1 aliphatic heterocycles. The van der Waals surface area contributed by atoms with E-state index in [1.54, 1.807) is 13.3 Å². The Labute approximate surface area is 125 Å². The molecule has 0 saturated heterocycles. The molecule has 5 nitrogen and oxygen atoms in total. The lowest BCUT2D eigenvalue weighted by Gasteiger charge is -2.21. The third kappa shape index (κ3) is 2.83. The number of ether oxygens (including phenoxy) is 1. The van der Waals surface area contributed by atoms with Gasteiger partial charge in [-0.25, -0.2) is 4.99 Å². The van der Waals surface area contributed by atoms with E-state index in [1.165, 1.54) is 0 Å². The minimum absolute atomic E-state index is 0.0580. The van der Waals surface area contributed by atoms with Gasteiger partial charge in [0.05, 0.1) is 6.61 Å². The van der Waals surface area contributed by atoms with Gasteiger partial charge in [-0.3, -0.25) is 9.78 Å². The molecular formula is C16H23N3O2. The molecule has 0 radical (unpaired) electrons.